The van der Waals surface area contributed by atoms with Gasteiger partial charge in [-0.3, -0.25) is 5.10 Å². The van der Waals surface area contributed by atoms with E-state index in [1.807, 2.05) is 6.08 Å². The Labute approximate surface area is 62.3 Å². The van der Waals surface area contributed by atoms with Crippen molar-refractivity contribution in [2.75, 3.05) is 0 Å². The van der Waals surface area contributed by atoms with E-state index in [9.17, 15) is 0 Å². The molecule has 0 spiro atoms. The van der Waals surface area contributed by atoms with E-state index in [4.69, 9.17) is 0 Å². The molecule has 0 aromatic carbocycles. The number of hydrogen-bond donors (Lipinski definition) is 1. The Bertz CT molecular complexity index is 247. The van der Waals surface area contributed by atoms with Crippen molar-refractivity contribution in [1.29, 1.82) is 0 Å². The van der Waals surface area contributed by atoms with Gasteiger partial charge in [-0.25, -0.2) is 3.15 Å². The van der Waals surface area contributed by atoms with E-state index in [-0.39, 0.29) is 21.0 Å². The predicted molar refractivity (Wildman–Crippen MR) is 43.7 cm³/mol. The average Bonchev–Trinajstić information content (AvgIpc) is 2.33. The van der Waals surface area contributed by atoms with E-state index in [1.54, 1.807) is 6.20 Å². The lowest BCUT2D eigenvalue weighted by Gasteiger charge is -1.90. The molecule has 1 N–H and O–H groups in total. The Morgan fingerprint density at radius 2 is 2.56 bits per heavy atom. The summed E-state index contributed by atoms with van der Waals surface area (Å²) < 4.78 is 6.39. The number of hydrogen-bond acceptors (Lipinski definition) is 2. The Morgan fingerprint density at radius 3 is 3.44 bits per heavy atom. The van der Waals surface area contributed by atoms with Crippen molar-refractivity contribution in [3.8, 4) is 0 Å². The molecule has 0 radical (unpaired) electrons. The molecule has 1 aliphatic rings. The lowest BCUT2D eigenvalue weighted by Crippen LogP contribution is -1.70. The smallest absolute Gasteiger partial charge is 0.114 e. The van der Waals surface area contributed by atoms with Crippen molar-refractivity contribution >= 4 is 32.8 Å². The van der Waals surface area contributed by atoms with E-state index in [1.165, 1.54) is 0 Å². The van der Waals surface area contributed by atoms with Gasteiger partial charge in [-0.05, 0) is 10.2 Å². The topological polar surface area (TPSA) is 41.0 Å². The van der Waals surface area contributed by atoms with Gasteiger partial charge >= 0.3 is 0 Å². The highest BCUT2D eigenvalue weighted by molar-refractivity contribution is 14.2. The van der Waals surface area contributed by atoms with Crippen molar-refractivity contribution in [1.82, 2.24) is 10.2 Å². The Morgan fingerprint density at radius 1 is 1.56 bits per heavy atom. The lowest BCUT2D eigenvalue weighted by molar-refractivity contribution is 1.08. The lowest BCUT2D eigenvalue weighted by atomic mass is 10.4. The third-order valence-electron chi connectivity index (χ3n) is 1.07. The second kappa shape index (κ2) is 2.02. The molecular formula is C5H4IN3. The molecule has 0 aliphatic carbocycles. The van der Waals surface area contributed by atoms with Crippen molar-refractivity contribution < 1.29 is 0 Å². The van der Waals surface area contributed by atoms with E-state index in [0.717, 1.165) is 11.4 Å². The summed E-state index contributed by atoms with van der Waals surface area (Å²) >= 11 is -0.0637. The number of nitrogens with zero attached hydrogens (tertiary/aromatic N) is 2. The summed E-state index contributed by atoms with van der Waals surface area (Å²) in [5.41, 5.74) is 2.06. The molecule has 2 rings (SSSR count). The first-order chi connectivity index (χ1) is 4.47. The van der Waals surface area contributed by atoms with Crippen LogP contribution >= 0.6 is 21.0 Å². The summed E-state index contributed by atoms with van der Waals surface area (Å²) in [6.45, 7) is 0. The fourth-order valence-corrected chi connectivity index (χ4v) is 2.02. The van der Waals surface area contributed by atoms with Crippen LogP contribution in [0.2, 0.25) is 0 Å². The van der Waals surface area contributed by atoms with Gasteiger partial charge in [0.1, 0.15) is 5.69 Å². The van der Waals surface area contributed by atoms with Crippen LogP contribution in [0.4, 0.5) is 5.69 Å². The molecule has 0 saturated heterocycles. The van der Waals surface area contributed by atoms with E-state index < -0.39 is 0 Å². The van der Waals surface area contributed by atoms with Crippen LogP contribution in [-0.2, 0) is 0 Å². The fraction of sp³-hybridized carbons (Fsp3) is 0. The third kappa shape index (κ3) is 0.827. The van der Waals surface area contributed by atoms with Crippen LogP contribution in [0.3, 0.4) is 0 Å². The van der Waals surface area contributed by atoms with Gasteiger partial charge in [-0.15, -0.1) is 0 Å². The Kier molecular flexibility index (Phi) is 1.18. The molecule has 4 heteroatoms. The van der Waals surface area contributed by atoms with Crippen molar-refractivity contribution in [2.45, 2.75) is 0 Å². The van der Waals surface area contributed by atoms with Gasteiger partial charge < -0.3 is 0 Å². The number of nitrogens with one attached hydrogen (secondary N) is 1. The van der Waals surface area contributed by atoms with Crippen LogP contribution in [0.5, 0.6) is 0 Å². The second-order valence-electron chi connectivity index (χ2n) is 1.64. The van der Waals surface area contributed by atoms with Crippen LogP contribution in [0.15, 0.2) is 13.4 Å². The largest absolute Gasteiger partial charge is 0.276 e. The molecule has 3 nitrogen and oxygen atoms in total. The van der Waals surface area contributed by atoms with Crippen LogP contribution in [-0.4, -0.2) is 10.2 Å². The highest BCUT2D eigenvalue weighted by Gasteiger charge is 2.00. The minimum absolute atomic E-state index is 0.0637. The van der Waals surface area contributed by atoms with Gasteiger partial charge in [0.2, 0.25) is 0 Å². The molecule has 0 unspecified atom stereocenters. The average molecular weight is 233 g/mol. The zero-order chi connectivity index (χ0) is 6.10. The van der Waals surface area contributed by atoms with E-state index in [2.05, 4.69) is 17.4 Å². The summed E-state index contributed by atoms with van der Waals surface area (Å²) in [5.74, 6) is 0. The molecule has 2 heterocycles. The Hall–Kier alpha value is -0.520. The standard InChI is InChI=1S/C5H4IN3/c1-2-6-8-5-3-7-9-4(1)5/h1-3H,(H,7,9). The fourth-order valence-electron chi connectivity index (χ4n) is 0.652. The van der Waals surface area contributed by atoms with Crippen LogP contribution in [0.1, 0.15) is 5.69 Å². The number of halogens is 1. The second-order valence-corrected chi connectivity index (χ2v) is 3.40. The number of rotatable bonds is 0. The minimum atomic E-state index is -0.0637. The molecular weight excluding hydrogens is 229 g/mol. The number of fused-ring (bicyclic) bond motifs is 1. The number of aromatic nitrogens is 2. The number of H-pyrrole nitrogens is 1. The highest BCUT2D eigenvalue weighted by Crippen LogP contribution is 2.27. The summed E-state index contributed by atoms with van der Waals surface area (Å²) in [5, 5.41) is 6.70. The molecule has 0 saturated carbocycles. The molecule has 0 bridgehead atoms. The van der Waals surface area contributed by atoms with Gasteiger partial charge in [0.25, 0.3) is 0 Å². The summed E-state index contributed by atoms with van der Waals surface area (Å²) in [6.07, 6.45) is 3.81. The van der Waals surface area contributed by atoms with E-state index >= 15 is 0 Å². The maximum atomic E-state index is 4.28. The van der Waals surface area contributed by atoms with Crippen LogP contribution in [0.25, 0.3) is 6.08 Å². The van der Waals surface area contributed by atoms with Crippen LogP contribution < -0.4 is 0 Å². The predicted octanol–water partition coefficient (Wildman–Crippen LogP) is 2.18. The van der Waals surface area contributed by atoms with E-state index in [0.29, 0.717) is 0 Å². The highest BCUT2D eigenvalue weighted by atomic mass is 127. The Balaban J connectivity index is 2.68. The normalized spacial score (nSPS) is 14.7. The van der Waals surface area contributed by atoms with Crippen molar-refractivity contribution in [3.63, 3.8) is 0 Å². The van der Waals surface area contributed by atoms with Crippen molar-refractivity contribution in [2.24, 2.45) is 3.15 Å². The van der Waals surface area contributed by atoms with Gasteiger partial charge in [0.15, 0.2) is 0 Å². The summed E-state index contributed by atoms with van der Waals surface area (Å²) in [7, 11) is 0. The van der Waals surface area contributed by atoms with Gasteiger partial charge in [-0.1, -0.05) is 0 Å². The first kappa shape index (κ1) is 5.28. The molecule has 1 aromatic heterocycles. The van der Waals surface area contributed by atoms with Gasteiger partial charge in [0, 0.05) is 21.0 Å². The first-order valence-electron chi connectivity index (χ1n) is 2.50. The zero-order valence-corrected chi connectivity index (χ0v) is 6.66. The maximum Gasteiger partial charge on any atom is 0.114 e. The maximum absolute atomic E-state index is 4.28. The first-order valence-corrected chi connectivity index (χ1v) is 4.71. The molecule has 0 fully saturated rings. The number of aromatic amines is 1. The molecule has 1 aliphatic heterocycles. The molecule has 9 heavy (non-hydrogen) atoms. The minimum Gasteiger partial charge on any atom is -0.276 e. The molecule has 1 aromatic rings. The molecule has 0 amide bonds. The molecule has 0 atom stereocenters. The molecule has 46 valence electrons. The van der Waals surface area contributed by atoms with Crippen molar-refractivity contribution in [3.05, 3.63) is 16.0 Å². The van der Waals surface area contributed by atoms with Gasteiger partial charge in [0.05, 0.1) is 11.9 Å². The third-order valence-corrected chi connectivity index (χ3v) is 2.55. The van der Waals surface area contributed by atoms with Gasteiger partial charge in [-0.2, -0.15) is 5.10 Å². The quantitative estimate of drug-likeness (QED) is 0.685. The summed E-state index contributed by atoms with van der Waals surface area (Å²) in [6, 6.07) is 0. The monoisotopic (exact) mass is 233 g/mol. The SMILES string of the molecule is C1=Cc2[nH]ncc2N=I1. The summed E-state index contributed by atoms with van der Waals surface area (Å²) in [4.78, 5) is 0. The van der Waals surface area contributed by atoms with Crippen LogP contribution in [0, 0.1) is 0 Å². The zero-order valence-electron chi connectivity index (χ0n) is 4.50.